The number of nitro benzene ring substituents is 1. The molecule has 0 saturated heterocycles. The van der Waals surface area contributed by atoms with Gasteiger partial charge < -0.3 is 4.57 Å². The van der Waals surface area contributed by atoms with Crippen LogP contribution in [0.1, 0.15) is 22.3 Å². The molecule has 0 bridgehead atoms. The number of Topliss-reactive ketones (excluding diaryl/α,β-unsaturated/α-hetero) is 1. The summed E-state index contributed by atoms with van der Waals surface area (Å²) in [6.07, 6.45) is 0. The van der Waals surface area contributed by atoms with Gasteiger partial charge in [0.2, 0.25) is 4.80 Å². The number of hydrogen-bond donors (Lipinski definition) is 0. The number of hydrogen-bond acceptors (Lipinski definition) is 6. The van der Waals surface area contributed by atoms with Gasteiger partial charge in [-0.2, -0.15) is 8.42 Å². The van der Waals surface area contributed by atoms with Crippen molar-refractivity contribution in [1.29, 1.82) is 0 Å². The van der Waals surface area contributed by atoms with Crippen LogP contribution in [0, 0.1) is 17.0 Å². The second-order valence-corrected chi connectivity index (χ2v) is 7.32. The number of benzene rings is 1. The lowest BCUT2D eigenvalue weighted by Crippen LogP contribution is -2.15. The molecule has 0 aliphatic heterocycles. The predicted octanol–water partition coefficient (Wildman–Crippen LogP) is 1.80. The molecule has 2 aromatic rings. The van der Waals surface area contributed by atoms with Gasteiger partial charge in [-0.1, -0.05) is 17.4 Å². The summed E-state index contributed by atoms with van der Waals surface area (Å²) in [4.78, 5) is 21.9. The van der Waals surface area contributed by atoms with Gasteiger partial charge in [0.25, 0.3) is 15.7 Å². The number of carbonyl (C=O) groups is 1. The Balaban J connectivity index is 2.62. The molecule has 0 saturated carbocycles. The molecule has 1 aromatic carbocycles. The molecule has 0 amide bonds. The van der Waals surface area contributed by atoms with E-state index in [0.29, 0.717) is 10.6 Å². The predicted molar refractivity (Wildman–Crippen MR) is 83.9 cm³/mol. The first kappa shape index (κ1) is 17.0. The molecule has 0 radical (unpaired) electrons. The van der Waals surface area contributed by atoms with Gasteiger partial charge in [-0.05, 0) is 13.0 Å². The van der Waals surface area contributed by atoms with Crippen molar-refractivity contribution in [2.24, 2.45) is 11.4 Å². The van der Waals surface area contributed by atoms with Crippen LogP contribution >= 0.6 is 11.3 Å². The van der Waals surface area contributed by atoms with Crippen LogP contribution in [-0.4, -0.2) is 23.7 Å². The number of thiazole rings is 1. The Morgan fingerprint density at radius 3 is 2.57 bits per heavy atom. The maximum absolute atomic E-state index is 12.3. The highest BCUT2D eigenvalue weighted by atomic mass is 32.2. The third-order valence-electron chi connectivity index (χ3n) is 3.16. The molecule has 2 rings (SSSR count). The Bertz CT molecular complexity index is 970. The van der Waals surface area contributed by atoms with Gasteiger partial charge in [-0.15, -0.1) is 4.40 Å². The number of carbonyl (C=O) groups excluding carboxylic acids is 1. The molecule has 1 heterocycles. The topological polar surface area (TPSA) is 112 Å². The van der Waals surface area contributed by atoms with Gasteiger partial charge in [-0.3, -0.25) is 14.9 Å². The highest BCUT2D eigenvalue weighted by molar-refractivity contribution is 7.90. The highest BCUT2D eigenvalue weighted by Crippen LogP contribution is 2.19. The minimum absolute atomic E-state index is 0.124. The standard InChI is InChI=1S/C13H13N3O5S2/c1-8-12(9(2)17)22-13(15(8)3)14-23(20,21)11-6-4-5-10(7-11)16(18)19/h4-7H,1-3H3/b14-13+. The Labute approximate surface area is 135 Å². The van der Waals surface area contributed by atoms with Crippen molar-refractivity contribution >= 4 is 32.8 Å². The van der Waals surface area contributed by atoms with Crippen LogP contribution in [0.3, 0.4) is 0 Å². The van der Waals surface area contributed by atoms with E-state index < -0.39 is 14.9 Å². The normalized spacial score (nSPS) is 12.4. The second-order valence-electron chi connectivity index (χ2n) is 4.74. The number of nitrogens with zero attached hydrogens (tertiary/aromatic N) is 3. The molecule has 0 unspecified atom stereocenters. The van der Waals surface area contributed by atoms with E-state index in [0.717, 1.165) is 17.4 Å². The summed E-state index contributed by atoms with van der Waals surface area (Å²) in [6, 6.07) is 4.66. The van der Waals surface area contributed by atoms with Crippen molar-refractivity contribution < 1.29 is 18.1 Å². The summed E-state index contributed by atoms with van der Waals surface area (Å²) in [6.45, 7) is 3.07. The van der Waals surface area contributed by atoms with Crippen molar-refractivity contribution in [2.45, 2.75) is 18.7 Å². The van der Waals surface area contributed by atoms with Crippen LogP contribution in [0.25, 0.3) is 0 Å². The molecule has 23 heavy (non-hydrogen) atoms. The third kappa shape index (κ3) is 3.37. The summed E-state index contributed by atoms with van der Waals surface area (Å²) < 4.78 is 29.9. The second kappa shape index (κ2) is 6.05. The molecule has 8 nitrogen and oxygen atoms in total. The lowest BCUT2D eigenvalue weighted by Gasteiger charge is -1.99. The van der Waals surface area contributed by atoms with Gasteiger partial charge >= 0.3 is 0 Å². The van der Waals surface area contributed by atoms with E-state index >= 15 is 0 Å². The van der Waals surface area contributed by atoms with Gasteiger partial charge in [0.15, 0.2) is 5.78 Å². The monoisotopic (exact) mass is 355 g/mol. The summed E-state index contributed by atoms with van der Waals surface area (Å²) in [5, 5.41) is 10.8. The lowest BCUT2D eigenvalue weighted by atomic mass is 10.3. The first-order valence-electron chi connectivity index (χ1n) is 6.36. The SMILES string of the molecule is CC(=O)c1s/c(=N/S(=O)(=O)c2cccc([N+](=O)[O-])c2)n(C)c1C. The molecule has 0 fully saturated rings. The Morgan fingerprint density at radius 1 is 1.39 bits per heavy atom. The molecule has 0 N–H and O–H groups in total. The molecule has 0 spiro atoms. The zero-order valence-electron chi connectivity index (χ0n) is 12.5. The van der Waals surface area contributed by atoms with Crippen molar-refractivity contribution in [3.8, 4) is 0 Å². The maximum atomic E-state index is 12.3. The van der Waals surface area contributed by atoms with Gasteiger partial charge in [0.1, 0.15) is 0 Å². The Kier molecular flexibility index (Phi) is 4.48. The zero-order valence-corrected chi connectivity index (χ0v) is 14.1. The smallest absolute Gasteiger partial charge is 0.285 e. The van der Waals surface area contributed by atoms with Crippen LogP contribution in [0.4, 0.5) is 5.69 Å². The summed E-state index contributed by atoms with van der Waals surface area (Å²) in [5.74, 6) is -0.183. The fourth-order valence-corrected chi connectivity index (χ4v) is 4.13. The first-order chi connectivity index (χ1) is 10.6. The zero-order chi connectivity index (χ0) is 17.4. The van der Waals surface area contributed by atoms with E-state index in [9.17, 15) is 23.3 Å². The van der Waals surface area contributed by atoms with E-state index in [2.05, 4.69) is 4.40 Å². The molecule has 0 atom stereocenters. The van der Waals surface area contributed by atoms with Gasteiger partial charge in [0.05, 0.1) is 14.7 Å². The van der Waals surface area contributed by atoms with E-state index in [4.69, 9.17) is 0 Å². The number of aromatic nitrogens is 1. The molecular weight excluding hydrogens is 342 g/mol. The maximum Gasteiger partial charge on any atom is 0.285 e. The molecule has 0 aliphatic carbocycles. The molecule has 122 valence electrons. The number of nitro groups is 1. The average Bonchev–Trinajstić information content (AvgIpc) is 2.75. The molecule has 0 aliphatic rings. The summed E-state index contributed by atoms with van der Waals surface area (Å²) >= 11 is 0.960. The highest BCUT2D eigenvalue weighted by Gasteiger charge is 2.18. The van der Waals surface area contributed by atoms with Crippen LogP contribution in [0.15, 0.2) is 33.6 Å². The molecule has 10 heteroatoms. The fraction of sp³-hybridized carbons (Fsp3) is 0.231. The van der Waals surface area contributed by atoms with Crippen molar-refractivity contribution in [3.63, 3.8) is 0 Å². The van der Waals surface area contributed by atoms with Crippen molar-refractivity contribution in [2.75, 3.05) is 0 Å². The Hall–Kier alpha value is -2.33. The van der Waals surface area contributed by atoms with E-state index in [1.165, 1.54) is 29.7 Å². The Morgan fingerprint density at radius 2 is 2.04 bits per heavy atom. The number of non-ortho nitro benzene ring substituents is 1. The average molecular weight is 355 g/mol. The minimum atomic E-state index is -4.12. The van der Waals surface area contributed by atoms with Crippen molar-refractivity contribution in [1.82, 2.24) is 4.57 Å². The third-order valence-corrected chi connectivity index (χ3v) is 5.87. The van der Waals surface area contributed by atoms with Gasteiger partial charge in [-0.25, -0.2) is 0 Å². The number of sulfonamides is 1. The van der Waals surface area contributed by atoms with E-state index in [1.807, 2.05) is 0 Å². The minimum Gasteiger partial charge on any atom is -0.323 e. The van der Waals surface area contributed by atoms with Crippen LogP contribution in [-0.2, 0) is 17.1 Å². The quantitative estimate of drug-likeness (QED) is 0.471. The largest absolute Gasteiger partial charge is 0.323 e. The van der Waals surface area contributed by atoms with E-state index in [1.54, 1.807) is 14.0 Å². The fourth-order valence-electron chi connectivity index (χ4n) is 1.85. The van der Waals surface area contributed by atoms with Crippen molar-refractivity contribution in [3.05, 3.63) is 49.8 Å². The van der Waals surface area contributed by atoms with Crippen LogP contribution in [0.2, 0.25) is 0 Å². The van der Waals surface area contributed by atoms with Gasteiger partial charge in [0, 0.05) is 31.8 Å². The first-order valence-corrected chi connectivity index (χ1v) is 8.62. The van der Waals surface area contributed by atoms with Crippen LogP contribution in [0.5, 0.6) is 0 Å². The lowest BCUT2D eigenvalue weighted by molar-refractivity contribution is -0.385. The van der Waals surface area contributed by atoms with Crippen LogP contribution < -0.4 is 4.80 Å². The molecule has 1 aromatic heterocycles. The number of rotatable bonds is 4. The summed E-state index contributed by atoms with van der Waals surface area (Å²) in [7, 11) is -2.52. The van der Waals surface area contributed by atoms with E-state index in [-0.39, 0.29) is 21.2 Å². The summed E-state index contributed by atoms with van der Waals surface area (Å²) in [5.41, 5.74) is 0.271. The number of ketones is 1. The molecular formula is C13H13N3O5S2.